The molecular formula is C9H18N2O4S2. The zero-order chi connectivity index (χ0) is 13.6. The van der Waals surface area contributed by atoms with Gasteiger partial charge in [-0.1, -0.05) is 12.2 Å². The SMILES string of the molecule is COC(=O)CCCS(=O)(=O)N(C)C(C)C(N)=S. The summed E-state index contributed by atoms with van der Waals surface area (Å²) in [5.41, 5.74) is 5.38. The number of hydrogen-bond donors (Lipinski definition) is 1. The third-order valence-corrected chi connectivity index (χ3v) is 4.75. The van der Waals surface area contributed by atoms with Crippen LogP contribution in [-0.2, 0) is 19.6 Å². The number of hydrogen-bond acceptors (Lipinski definition) is 5. The summed E-state index contributed by atoms with van der Waals surface area (Å²) in [5, 5.41) is 0. The van der Waals surface area contributed by atoms with Crippen molar-refractivity contribution in [2.75, 3.05) is 19.9 Å². The number of likely N-dealkylation sites (N-methyl/N-ethyl adjacent to an activating group) is 1. The second-order valence-corrected chi connectivity index (χ2v) is 6.21. The monoisotopic (exact) mass is 282 g/mol. The van der Waals surface area contributed by atoms with Gasteiger partial charge in [-0.05, 0) is 13.3 Å². The van der Waals surface area contributed by atoms with E-state index in [1.807, 2.05) is 0 Å². The predicted molar refractivity (Wildman–Crippen MR) is 69.0 cm³/mol. The van der Waals surface area contributed by atoms with E-state index in [2.05, 4.69) is 4.74 Å². The van der Waals surface area contributed by atoms with Gasteiger partial charge in [0.2, 0.25) is 10.0 Å². The summed E-state index contributed by atoms with van der Waals surface area (Å²) in [6.45, 7) is 1.61. The molecule has 0 amide bonds. The average Bonchev–Trinajstić information content (AvgIpc) is 2.26. The summed E-state index contributed by atoms with van der Waals surface area (Å²) in [6, 6.07) is -0.534. The van der Waals surface area contributed by atoms with E-state index in [9.17, 15) is 13.2 Å². The molecule has 2 N–H and O–H groups in total. The lowest BCUT2D eigenvalue weighted by atomic mass is 10.3. The molecule has 1 atom stereocenters. The largest absolute Gasteiger partial charge is 0.469 e. The molecule has 0 fully saturated rings. The Bertz CT molecular complexity index is 380. The highest BCUT2D eigenvalue weighted by Gasteiger charge is 2.24. The Balaban J connectivity index is 4.38. The third kappa shape index (κ3) is 5.42. The van der Waals surface area contributed by atoms with E-state index in [1.54, 1.807) is 6.92 Å². The maximum atomic E-state index is 11.8. The van der Waals surface area contributed by atoms with Crippen molar-refractivity contribution in [2.24, 2.45) is 5.73 Å². The second kappa shape index (κ2) is 6.87. The number of sulfonamides is 1. The quantitative estimate of drug-likeness (QED) is 0.517. The standard InChI is InChI=1S/C9H18N2O4S2/c1-7(9(10)16)11(2)17(13,14)6-4-5-8(12)15-3/h7H,4-6H2,1-3H3,(H2,10,16). The van der Waals surface area contributed by atoms with Crippen LogP contribution in [0, 0.1) is 0 Å². The van der Waals surface area contributed by atoms with Crippen LogP contribution >= 0.6 is 12.2 Å². The molecule has 6 nitrogen and oxygen atoms in total. The molecule has 17 heavy (non-hydrogen) atoms. The van der Waals surface area contributed by atoms with Gasteiger partial charge < -0.3 is 10.5 Å². The highest BCUT2D eigenvalue weighted by molar-refractivity contribution is 7.89. The van der Waals surface area contributed by atoms with Crippen molar-refractivity contribution < 1.29 is 17.9 Å². The number of rotatable bonds is 7. The van der Waals surface area contributed by atoms with Crippen molar-refractivity contribution in [3.63, 3.8) is 0 Å². The van der Waals surface area contributed by atoms with Gasteiger partial charge in [-0.3, -0.25) is 4.79 Å². The van der Waals surface area contributed by atoms with Gasteiger partial charge in [-0.25, -0.2) is 8.42 Å². The van der Waals surface area contributed by atoms with Gasteiger partial charge in [0.05, 0.1) is 23.9 Å². The number of esters is 1. The van der Waals surface area contributed by atoms with E-state index in [0.29, 0.717) is 0 Å². The molecule has 0 aliphatic heterocycles. The Morgan fingerprint density at radius 1 is 1.53 bits per heavy atom. The van der Waals surface area contributed by atoms with Gasteiger partial charge in [-0.2, -0.15) is 4.31 Å². The third-order valence-electron chi connectivity index (χ3n) is 2.41. The van der Waals surface area contributed by atoms with Gasteiger partial charge in [0, 0.05) is 13.5 Å². The van der Waals surface area contributed by atoms with Crippen molar-refractivity contribution in [3.8, 4) is 0 Å². The second-order valence-electron chi connectivity index (χ2n) is 3.59. The Morgan fingerprint density at radius 3 is 2.47 bits per heavy atom. The number of carbonyl (C=O) groups is 1. The van der Waals surface area contributed by atoms with E-state index in [4.69, 9.17) is 18.0 Å². The maximum absolute atomic E-state index is 11.8. The summed E-state index contributed by atoms with van der Waals surface area (Å²) in [7, 11) is -0.775. The number of nitrogens with zero attached hydrogens (tertiary/aromatic N) is 1. The topological polar surface area (TPSA) is 89.7 Å². The smallest absolute Gasteiger partial charge is 0.305 e. The van der Waals surface area contributed by atoms with Crippen LogP contribution in [-0.4, -0.2) is 49.6 Å². The van der Waals surface area contributed by atoms with Gasteiger partial charge in [0.25, 0.3) is 0 Å². The van der Waals surface area contributed by atoms with Gasteiger partial charge in [-0.15, -0.1) is 0 Å². The Hall–Kier alpha value is -0.730. The Morgan fingerprint density at radius 2 is 2.06 bits per heavy atom. The number of carbonyl (C=O) groups excluding carboxylic acids is 1. The summed E-state index contributed by atoms with van der Waals surface area (Å²) < 4.78 is 29.2. The van der Waals surface area contributed by atoms with Crippen LogP contribution in [0.15, 0.2) is 0 Å². The maximum Gasteiger partial charge on any atom is 0.305 e. The normalized spacial score (nSPS) is 13.4. The van der Waals surface area contributed by atoms with Crippen molar-refractivity contribution in [1.82, 2.24) is 4.31 Å². The molecule has 8 heteroatoms. The number of ether oxygens (including phenoxy) is 1. The molecule has 0 aliphatic rings. The Labute approximate surface area is 107 Å². The molecule has 0 saturated carbocycles. The van der Waals surface area contributed by atoms with Crippen LogP contribution in [0.2, 0.25) is 0 Å². The highest BCUT2D eigenvalue weighted by Crippen LogP contribution is 2.07. The molecule has 0 aromatic heterocycles. The molecule has 0 aliphatic carbocycles. The lowest BCUT2D eigenvalue weighted by Crippen LogP contribution is -2.43. The minimum absolute atomic E-state index is 0.0744. The molecule has 0 heterocycles. The fourth-order valence-electron chi connectivity index (χ4n) is 1.07. The zero-order valence-corrected chi connectivity index (χ0v) is 11.8. The lowest BCUT2D eigenvalue weighted by molar-refractivity contribution is -0.140. The predicted octanol–water partition coefficient (Wildman–Crippen LogP) is -0.124. The van der Waals surface area contributed by atoms with Crippen LogP contribution in [0.1, 0.15) is 19.8 Å². The minimum atomic E-state index is -3.45. The van der Waals surface area contributed by atoms with Crippen LogP contribution in [0.4, 0.5) is 0 Å². The molecule has 0 spiro atoms. The molecule has 0 aromatic rings. The summed E-state index contributed by atoms with van der Waals surface area (Å²) >= 11 is 4.73. The average molecular weight is 282 g/mol. The van der Waals surface area contributed by atoms with E-state index >= 15 is 0 Å². The fourth-order valence-corrected chi connectivity index (χ4v) is 2.68. The van der Waals surface area contributed by atoms with Crippen molar-refractivity contribution in [2.45, 2.75) is 25.8 Å². The molecule has 0 saturated heterocycles. The number of nitrogens with two attached hydrogens (primary N) is 1. The number of methoxy groups -OCH3 is 1. The zero-order valence-electron chi connectivity index (χ0n) is 10.2. The van der Waals surface area contributed by atoms with Crippen LogP contribution in [0.25, 0.3) is 0 Å². The number of thiocarbonyl (C=S) groups is 1. The van der Waals surface area contributed by atoms with E-state index < -0.39 is 22.0 Å². The van der Waals surface area contributed by atoms with Crippen LogP contribution in [0.3, 0.4) is 0 Å². The molecule has 0 aromatic carbocycles. The molecule has 0 bridgehead atoms. The molecule has 0 rings (SSSR count). The lowest BCUT2D eigenvalue weighted by Gasteiger charge is -2.23. The van der Waals surface area contributed by atoms with E-state index in [0.717, 1.165) is 4.31 Å². The van der Waals surface area contributed by atoms with Crippen LogP contribution < -0.4 is 5.73 Å². The first kappa shape index (κ1) is 16.3. The van der Waals surface area contributed by atoms with Crippen molar-refractivity contribution in [3.05, 3.63) is 0 Å². The summed E-state index contributed by atoms with van der Waals surface area (Å²) in [4.78, 5) is 11.0. The highest BCUT2D eigenvalue weighted by atomic mass is 32.2. The van der Waals surface area contributed by atoms with Gasteiger partial charge >= 0.3 is 5.97 Å². The molecule has 100 valence electrons. The van der Waals surface area contributed by atoms with Gasteiger partial charge in [0.15, 0.2) is 0 Å². The first-order valence-electron chi connectivity index (χ1n) is 5.04. The van der Waals surface area contributed by atoms with Crippen molar-refractivity contribution >= 4 is 33.2 Å². The van der Waals surface area contributed by atoms with Crippen LogP contribution in [0.5, 0.6) is 0 Å². The van der Waals surface area contributed by atoms with Gasteiger partial charge in [0.1, 0.15) is 0 Å². The molecular weight excluding hydrogens is 264 g/mol. The fraction of sp³-hybridized carbons (Fsp3) is 0.778. The first-order valence-corrected chi connectivity index (χ1v) is 7.06. The Kier molecular flexibility index (Phi) is 6.58. The minimum Gasteiger partial charge on any atom is -0.469 e. The van der Waals surface area contributed by atoms with Crippen molar-refractivity contribution in [1.29, 1.82) is 0 Å². The van der Waals surface area contributed by atoms with E-state index in [-0.39, 0.29) is 23.6 Å². The summed E-state index contributed by atoms with van der Waals surface area (Å²) in [5.74, 6) is -0.559. The van der Waals surface area contributed by atoms with E-state index in [1.165, 1.54) is 14.2 Å². The molecule has 0 radical (unpaired) electrons. The molecule has 1 unspecified atom stereocenters. The first-order chi connectivity index (χ1) is 7.72. The summed E-state index contributed by atoms with van der Waals surface area (Å²) in [6.07, 6.45) is 0.286.